The molecule has 11 aromatic rings. The molecule has 0 saturated heterocycles. The zero-order chi connectivity index (χ0) is 34.2. The molecule has 0 saturated carbocycles. The van der Waals surface area contributed by atoms with E-state index in [0.29, 0.717) is 0 Å². The third-order valence-corrected chi connectivity index (χ3v) is 10.9. The molecule has 9 aromatic carbocycles. The lowest BCUT2D eigenvalue weighted by Crippen LogP contribution is -1.96. The first-order valence-corrected chi connectivity index (χ1v) is 17.9. The molecule has 2 aromatic heterocycles. The molecule has 0 N–H and O–H groups in total. The first-order valence-electron chi connectivity index (χ1n) is 17.9. The van der Waals surface area contributed by atoms with Crippen LogP contribution >= 0.6 is 0 Å². The van der Waals surface area contributed by atoms with Gasteiger partial charge >= 0.3 is 0 Å². The van der Waals surface area contributed by atoms with Gasteiger partial charge in [0.05, 0.1) is 27.8 Å². The van der Waals surface area contributed by atoms with E-state index >= 15 is 0 Å². The molecule has 0 fully saturated rings. The molecule has 2 heteroatoms. The predicted octanol–water partition coefficient (Wildman–Crippen LogP) is 13.5. The molecule has 2 nitrogen and oxygen atoms in total. The Kier molecular flexibility index (Phi) is 6.28. The number of hydrogen-bond donors (Lipinski definition) is 0. The Labute approximate surface area is 301 Å². The third-order valence-electron chi connectivity index (χ3n) is 10.9. The smallest absolute Gasteiger partial charge is 0.0546 e. The number of aromatic nitrogens is 2. The molecule has 0 spiro atoms. The molecule has 2 heterocycles. The molecule has 52 heavy (non-hydrogen) atoms. The molecule has 11 rings (SSSR count). The van der Waals surface area contributed by atoms with Gasteiger partial charge in [0, 0.05) is 32.6 Å². The zero-order valence-electron chi connectivity index (χ0n) is 28.4. The molecule has 0 aliphatic carbocycles. The van der Waals surface area contributed by atoms with Gasteiger partial charge in [-0.15, -0.1) is 0 Å². The van der Waals surface area contributed by atoms with Crippen LogP contribution in [-0.4, -0.2) is 9.13 Å². The number of nitrogens with zero attached hydrogens (tertiary/aromatic N) is 2. The van der Waals surface area contributed by atoms with Gasteiger partial charge in [-0.2, -0.15) is 0 Å². The summed E-state index contributed by atoms with van der Waals surface area (Å²) in [5.74, 6) is 0. The Hall–Kier alpha value is -6.90. The van der Waals surface area contributed by atoms with Crippen LogP contribution in [0.15, 0.2) is 194 Å². The van der Waals surface area contributed by atoms with Crippen molar-refractivity contribution in [2.24, 2.45) is 0 Å². The van der Waals surface area contributed by atoms with Gasteiger partial charge in [0.2, 0.25) is 0 Å². The Bertz CT molecular complexity index is 3160. The zero-order valence-corrected chi connectivity index (χ0v) is 28.4. The number of para-hydroxylation sites is 2. The first kappa shape index (κ1) is 28.9. The van der Waals surface area contributed by atoms with E-state index in [-0.39, 0.29) is 0 Å². The van der Waals surface area contributed by atoms with Gasteiger partial charge < -0.3 is 9.13 Å². The van der Waals surface area contributed by atoms with E-state index in [2.05, 4.69) is 203 Å². The van der Waals surface area contributed by atoms with Crippen molar-refractivity contribution in [3.05, 3.63) is 194 Å². The monoisotopic (exact) mass is 660 g/mol. The standard InChI is InChI=1S/C50H32N2/c1-2-12-33(13-3-1)34-22-26-38(27-23-34)51-46-20-10-8-18-42(46)44-30-35(24-28-48(44)51)36-25-29-49-45(31-36)43-19-9-11-21-47(43)52(49)50-32-37-14-4-5-15-39(37)40-16-6-7-17-41(40)50/h1-32H. The molecule has 0 aliphatic heterocycles. The largest absolute Gasteiger partial charge is 0.309 e. The van der Waals surface area contributed by atoms with Crippen LogP contribution in [0.3, 0.4) is 0 Å². The Morgan fingerprint density at radius 2 is 0.712 bits per heavy atom. The predicted molar refractivity (Wildman–Crippen MR) is 221 cm³/mol. The summed E-state index contributed by atoms with van der Waals surface area (Å²) < 4.78 is 4.86. The molecular weight excluding hydrogens is 629 g/mol. The molecule has 0 amide bonds. The van der Waals surface area contributed by atoms with E-state index in [4.69, 9.17) is 0 Å². The SMILES string of the molecule is c1ccc(-c2ccc(-n3c4ccccc4c4cc(-c5ccc6c(c5)c5ccccc5n6-c5cc6ccccc6c6ccccc56)ccc43)cc2)cc1. The average molecular weight is 661 g/mol. The number of hydrogen-bond acceptors (Lipinski definition) is 0. The maximum absolute atomic E-state index is 2.46. The fourth-order valence-electron chi connectivity index (χ4n) is 8.50. The summed E-state index contributed by atoms with van der Waals surface area (Å²) in [6, 6.07) is 71.0. The first-order chi connectivity index (χ1) is 25.8. The highest BCUT2D eigenvalue weighted by molar-refractivity contribution is 6.16. The molecular formula is C50H32N2. The van der Waals surface area contributed by atoms with Crippen LogP contribution in [0.4, 0.5) is 0 Å². The number of fused-ring (bicyclic) bond motifs is 9. The summed E-state index contributed by atoms with van der Waals surface area (Å²) in [6.45, 7) is 0. The Balaban J connectivity index is 1.08. The normalized spacial score (nSPS) is 11.8. The molecule has 0 aliphatic rings. The van der Waals surface area contributed by atoms with Gasteiger partial charge in [-0.3, -0.25) is 0 Å². The summed E-state index contributed by atoms with van der Waals surface area (Å²) in [5, 5.41) is 10.1. The van der Waals surface area contributed by atoms with Crippen LogP contribution in [0.2, 0.25) is 0 Å². The van der Waals surface area contributed by atoms with Crippen LogP contribution in [0.1, 0.15) is 0 Å². The Morgan fingerprint density at radius 1 is 0.250 bits per heavy atom. The summed E-state index contributed by atoms with van der Waals surface area (Å²) in [6.07, 6.45) is 0. The maximum Gasteiger partial charge on any atom is 0.0546 e. The van der Waals surface area contributed by atoms with Crippen molar-refractivity contribution in [2.45, 2.75) is 0 Å². The van der Waals surface area contributed by atoms with Crippen molar-refractivity contribution >= 4 is 65.2 Å². The van der Waals surface area contributed by atoms with E-state index in [1.165, 1.54) is 93.1 Å². The van der Waals surface area contributed by atoms with Crippen LogP contribution in [0.5, 0.6) is 0 Å². The number of benzene rings is 9. The van der Waals surface area contributed by atoms with Crippen molar-refractivity contribution < 1.29 is 0 Å². The van der Waals surface area contributed by atoms with Crippen LogP contribution < -0.4 is 0 Å². The molecule has 0 unspecified atom stereocenters. The van der Waals surface area contributed by atoms with Crippen molar-refractivity contribution in [3.63, 3.8) is 0 Å². The second-order valence-electron chi connectivity index (χ2n) is 13.7. The van der Waals surface area contributed by atoms with Crippen molar-refractivity contribution in [3.8, 4) is 33.6 Å². The van der Waals surface area contributed by atoms with E-state index in [0.717, 1.165) is 5.69 Å². The van der Waals surface area contributed by atoms with Crippen molar-refractivity contribution in [1.29, 1.82) is 0 Å². The van der Waals surface area contributed by atoms with Gasteiger partial charge in [0.25, 0.3) is 0 Å². The summed E-state index contributed by atoms with van der Waals surface area (Å²) in [4.78, 5) is 0. The quantitative estimate of drug-likeness (QED) is 0.166. The van der Waals surface area contributed by atoms with E-state index < -0.39 is 0 Å². The van der Waals surface area contributed by atoms with E-state index in [9.17, 15) is 0 Å². The molecule has 0 bridgehead atoms. The van der Waals surface area contributed by atoms with Crippen LogP contribution in [0, 0.1) is 0 Å². The van der Waals surface area contributed by atoms with Gasteiger partial charge in [-0.25, -0.2) is 0 Å². The van der Waals surface area contributed by atoms with Crippen molar-refractivity contribution in [1.82, 2.24) is 9.13 Å². The maximum atomic E-state index is 2.46. The topological polar surface area (TPSA) is 9.86 Å². The molecule has 242 valence electrons. The summed E-state index contributed by atoms with van der Waals surface area (Å²) in [7, 11) is 0. The van der Waals surface area contributed by atoms with Crippen LogP contribution in [0.25, 0.3) is 98.8 Å². The minimum atomic E-state index is 1.16. The Morgan fingerprint density at radius 3 is 1.38 bits per heavy atom. The lowest BCUT2D eigenvalue weighted by Gasteiger charge is -2.14. The highest BCUT2D eigenvalue weighted by Crippen LogP contribution is 2.40. The average Bonchev–Trinajstić information content (AvgIpc) is 3.73. The summed E-state index contributed by atoms with van der Waals surface area (Å²) >= 11 is 0. The third kappa shape index (κ3) is 4.31. The molecule has 0 radical (unpaired) electrons. The van der Waals surface area contributed by atoms with Gasteiger partial charge in [0.15, 0.2) is 0 Å². The highest BCUT2D eigenvalue weighted by Gasteiger charge is 2.18. The van der Waals surface area contributed by atoms with Crippen molar-refractivity contribution in [2.75, 3.05) is 0 Å². The lowest BCUT2D eigenvalue weighted by atomic mass is 9.99. The highest BCUT2D eigenvalue weighted by atomic mass is 15.0. The van der Waals surface area contributed by atoms with E-state index in [1.54, 1.807) is 0 Å². The van der Waals surface area contributed by atoms with E-state index in [1.807, 2.05) is 0 Å². The second kappa shape index (κ2) is 11.3. The molecule has 0 atom stereocenters. The fraction of sp³-hybridized carbons (Fsp3) is 0. The fourth-order valence-corrected chi connectivity index (χ4v) is 8.50. The minimum Gasteiger partial charge on any atom is -0.309 e. The summed E-state index contributed by atoms with van der Waals surface area (Å²) in [5.41, 5.74) is 12.1. The number of rotatable bonds is 4. The van der Waals surface area contributed by atoms with Gasteiger partial charge in [-0.1, -0.05) is 140 Å². The minimum absolute atomic E-state index is 1.16. The van der Waals surface area contributed by atoms with Crippen LogP contribution in [-0.2, 0) is 0 Å². The lowest BCUT2D eigenvalue weighted by molar-refractivity contribution is 1.18. The second-order valence-corrected chi connectivity index (χ2v) is 13.7. The van der Waals surface area contributed by atoms with Gasteiger partial charge in [0.1, 0.15) is 0 Å². The van der Waals surface area contributed by atoms with Gasteiger partial charge in [-0.05, 0) is 93.0 Å².